The van der Waals surface area contributed by atoms with Crippen molar-refractivity contribution in [3.05, 3.63) is 102 Å². The number of nitrogens with zero attached hydrogens (tertiary/aromatic N) is 1. The number of anilines is 1. The molecule has 0 atom stereocenters. The average molecular weight is 327 g/mol. The molecule has 0 aliphatic carbocycles. The van der Waals surface area contributed by atoms with Gasteiger partial charge >= 0.3 is 0 Å². The van der Waals surface area contributed by atoms with Crippen LogP contribution < -0.4 is 4.90 Å². The van der Waals surface area contributed by atoms with Crippen molar-refractivity contribution in [1.29, 1.82) is 0 Å². The summed E-state index contributed by atoms with van der Waals surface area (Å²) >= 11 is 0. The lowest BCUT2D eigenvalue weighted by molar-refractivity contribution is 0.866. The van der Waals surface area contributed by atoms with E-state index in [4.69, 9.17) is 0 Å². The van der Waals surface area contributed by atoms with Gasteiger partial charge in [-0.3, -0.25) is 0 Å². The average Bonchev–Trinajstić information content (AvgIpc) is 2.69. The highest BCUT2D eigenvalue weighted by Gasteiger charge is 2.05. The molecule has 0 amide bonds. The molecular formula is C24H25N. The summed E-state index contributed by atoms with van der Waals surface area (Å²) in [5.74, 6) is 0. The maximum absolute atomic E-state index is 2.36. The molecule has 0 spiro atoms. The molecule has 1 heteroatoms. The van der Waals surface area contributed by atoms with E-state index >= 15 is 0 Å². The van der Waals surface area contributed by atoms with Crippen LogP contribution in [-0.4, -0.2) is 13.1 Å². The van der Waals surface area contributed by atoms with Gasteiger partial charge in [-0.15, -0.1) is 0 Å². The van der Waals surface area contributed by atoms with Gasteiger partial charge in [0.25, 0.3) is 0 Å². The third-order valence-corrected chi connectivity index (χ3v) is 4.50. The Hall–Kier alpha value is -2.80. The third kappa shape index (κ3) is 4.19. The van der Waals surface area contributed by atoms with E-state index in [0.717, 1.165) is 13.1 Å². The molecule has 25 heavy (non-hydrogen) atoms. The van der Waals surface area contributed by atoms with Crippen LogP contribution in [0, 0.1) is 0 Å². The molecule has 0 aliphatic rings. The number of benzene rings is 3. The highest BCUT2D eigenvalue weighted by atomic mass is 15.1. The van der Waals surface area contributed by atoms with Crippen molar-refractivity contribution in [2.24, 2.45) is 0 Å². The summed E-state index contributed by atoms with van der Waals surface area (Å²) in [5, 5.41) is 0. The maximum Gasteiger partial charge on any atom is 0.0366 e. The lowest BCUT2D eigenvalue weighted by Gasteiger charge is -2.21. The Kier molecular flexibility index (Phi) is 5.69. The Morgan fingerprint density at radius 1 is 0.680 bits per heavy atom. The molecule has 0 N–H and O–H groups in total. The molecular weight excluding hydrogens is 302 g/mol. The van der Waals surface area contributed by atoms with Crippen LogP contribution in [0.5, 0.6) is 0 Å². The van der Waals surface area contributed by atoms with Gasteiger partial charge in [-0.05, 0) is 54.3 Å². The van der Waals surface area contributed by atoms with Gasteiger partial charge in [0.15, 0.2) is 0 Å². The zero-order valence-corrected chi connectivity index (χ0v) is 15.0. The predicted molar refractivity (Wildman–Crippen MR) is 110 cm³/mol. The number of hydrogen-bond donors (Lipinski definition) is 0. The number of hydrogen-bond acceptors (Lipinski definition) is 1. The van der Waals surface area contributed by atoms with Crippen molar-refractivity contribution < 1.29 is 0 Å². The summed E-state index contributed by atoms with van der Waals surface area (Å²) in [5.41, 5.74) is 6.22. The second-order valence-corrected chi connectivity index (χ2v) is 6.05. The molecule has 3 aromatic rings. The second kappa shape index (κ2) is 8.34. The Labute approximate surface area is 151 Å². The van der Waals surface area contributed by atoms with Crippen LogP contribution in [0.3, 0.4) is 0 Å². The summed E-state index contributed by atoms with van der Waals surface area (Å²) in [7, 11) is 0. The fourth-order valence-electron chi connectivity index (χ4n) is 3.11. The van der Waals surface area contributed by atoms with Gasteiger partial charge in [0, 0.05) is 18.8 Å². The molecule has 0 aliphatic heterocycles. The fraction of sp³-hybridized carbons (Fsp3) is 0.167. The normalized spacial score (nSPS) is 10.3. The van der Waals surface area contributed by atoms with Crippen LogP contribution in [0.25, 0.3) is 11.6 Å². The molecule has 3 rings (SSSR count). The molecule has 0 saturated heterocycles. The molecule has 0 bridgehead atoms. The molecule has 126 valence electrons. The van der Waals surface area contributed by atoms with Crippen LogP contribution in [0.1, 0.15) is 30.5 Å². The maximum atomic E-state index is 2.36. The standard InChI is InChI=1S/C24H25N/c1-3-25(4-2)23-17-15-20(16-18-23)19-24(21-11-7-5-8-12-21)22-13-9-6-10-14-22/h5-19H,3-4H2,1-2H3. The van der Waals surface area contributed by atoms with Crippen molar-refractivity contribution in [3.63, 3.8) is 0 Å². The molecule has 0 saturated carbocycles. The van der Waals surface area contributed by atoms with Gasteiger partial charge in [-0.25, -0.2) is 0 Å². The molecule has 0 unspecified atom stereocenters. The minimum atomic E-state index is 1.03. The van der Waals surface area contributed by atoms with E-state index in [2.05, 4.69) is 110 Å². The molecule has 0 radical (unpaired) electrons. The van der Waals surface area contributed by atoms with Crippen molar-refractivity contribution in [2.75, 3.05) is 18.0 Å². The van der Waals surface area contributed by atoms with Gasteiger partial charge in [-0.1, -0.05) is 72.8 Å². The van der Waals surface area contributed by atoms with E-state index in [1.54, 1.807) is 0 Å². The molecule has 0 fully saturated rings. The largest absolute Gasteiger partial charge is 0.372 e. The van der Waals surface area contributed by atoms with Crippen molar-refractivity contribution in [1.82, 2.24) is 0 Å². The summed E-state index contributed by atoms with van der Waals surface area (Å²) in [6, 6.07) is 30.0. The van der Waals surface area contributed by atoms with E-state index in [1.807, 2.05) is 0 Å². The zero-order chi connectivity index (χ0) is 17.5. The minimum Gasteiger partial charge on any atom is -0.372 e. The highest BCUT2D eigenvalue weighted by Crippen LogP contribution is 2.26. The molecule has 3 aromatic carbocycles. The summed E-state index contributed by atoms with van der Waals surface area (Å²) < 4.78 is 0. The van der Waals surface area contributed by atoms with Crippen LogP contribution in [0.4, 0.5) is 5.69 Å². The van der Waals surface area contributed by atoms with Crippen LogP contribution >= 0.6 is 0 Å². The second-order valence-electron chi connectivity index (χ2n) is 6.05. The van der Waals surface area contributed by atoms with E-state index in [-0.39, 0.29) is 0 Å². The van der Waals surface area contributed by atoms with E-state index in [0.29, 0.717) is 0 Å². The Morgan fingerprint density at radius 2 is 1.16 bits per heavy atom. The van der Waals surface area contributed by atoms with Crippen molar-refractivity contribution in [3.8, 4) is 0 Å². The van der Waals surface area contributed by atoms with E-state index in [1.165, 1.54) is 28.0 Å². The highest BCUT2D eigenvalue weighted by molar-refractivity contribution is 5.91. The topological polar surface area (TPSA) is 3.24 Å². The van der Waals surface area contributed by atoms with Crippen molar-refractivity contribution in [2.45, 2.75) is 13.8 Å². The van der Waals surface area contributed by atoms with Gasteiger partial charge in [0.2, 0.25) is 0 Å². The van der Waals surface area contributed by atoms with Crippen molar-refractivity contribution >= 4 is 17.3 Å². The Bertz CT molecular complexity index is 756. The first-order valence-corrected chi connectivity index (χ1v) is 8.99. The first-order chi connectivity index (χ1) is 12.3. The lowest BCUT2D eigenvalue weighted by atomic mass is 9.96. The summed E-state index contributed by atoms with van der Waals surface area (Å²) in [6.45, 7) is 6.45. The van der Waals surface area contributed by atoms with E-state index in [9.17, 15) is 0 Å². The van der Waals surface area contributed by atoms with Gasteiger partial charge < -0.3 is 4.90 Å². The molecule has 0 aromatic heterocycles. The third-order valence-electron chi connectivity index (χ3n) is 4.50. The molecule has 0 heterocycles. The molecule has 1 nitrogen and oxygen atoms in total. The van der Waals surface area contributed by atoms with Gasteiger partial charge in [0.05, 0.1) is 0 Å². The van der Waals surface area contributed by atoms with Crippen LogP contribution in [-0.2, 0) is 0 Å². The Morgan fingerprint density at radius 3 is 1.60 bits per heavy atom. The first-order valence-electron chi connectivity index (χ1n) is 8.99. The first kappa shape index (κ1) is 17.0. The lowest BCUT2D eigenvalue weighted by Crippen LogP contribution is -2.21. The Balaban J connectivity index is 1.99. The minimum absolute atomic E-state index is 1.03. The SMILES string of the molecule is CCN(CC)c1ccc(C=C(c2ccccc2)c2ccccc2)cc1. The monoisotopic (exact) mass is 327 g/mol. The smallest absolute Gasteiger partial charge is 0.0366 e. The summed E-state index contributed by atoms with van der Waals surface area (Å²) in [4.78, 5) is 2.36. The quantitative estimate of drug-likeness (QED) is 0.493. The van der Waals surface area contributed by atoms with E-state index < -0.39 is 0 Å². The van der Waals surface area contributed by atoms with Gasteiger partial charge in [-0.2, -0.15) is 0 Å². The zero-order valence-electron chi connectivity index (χ0n) is 15.0. The summed E-state index contributed by atoms with van der Waals surface area (Å²) in [6.07, 6.45) is 2.27. The fourth-order valence-corrected chi connectivity index (χ4v) is 3.11. The predicted octanol–water partition coefficient (Wildman–Crippen LogP) is 6.12. The number of rotatable bonds is 6. The van der Waals surface area contributed by atoms with Crippen LogP contribution in [0.15, 0.2) is 84.9 Å². The van der Waals surface area contributed by atoms with Crippen LogP contribution in [0.2, 0.25) is 0 Å². The van der Waals surface area contributed by atoms with Gasteiger partial charge in [0.1, 0.15) is 0 Å².